The maximum absolute atomic E-state index is 2.68. The molecule has 47 heavy (non-hydrogen) atoms. The molecule has 1 heterocycles. The Morgan fingerprint density at radius 2 is 0.915 bits per heavy atom. The summed E-state index contributed by atoms with van der Waals surface area (Å²) in [4.78, 5) is 0. The molecule has 242 valence electrons. The van der Waals surface area contributed by atoms with E-state index >= 15 is 0 Å². The van der Waals surface area contributed by atoms with Crippen LogP contribution >= 0.6 is 0 Å². The number of hydrogen-bond donors (Lipinski definition) is 0. The van der Waals surface area contributed by atoms with Crippen LogP contribution in [-0.4, -0.2) is 0 Å². The molecule has 0 aromatic heterocycles. The average molecular weight is 696 g/mol. The van der Waals surface area contributed by atoms with Gasteiger partial charge in [-0.25, -0.2) is 0 Å². The molecule has 4 aliphatic rings. The first kappa shape index (κ1) is 34.5. The molecule has 4 aromatic carbocycles. The van der Waals surface area contributed by atoms with E-state index < -0.39 is 16.6 Å². The summed E-state index contributed by atoms with van der Waals surface area (Å²) in [7, 11) is 0. The third-order valence-electron chi connectivity index (χ3n) is 12.4. The van der Waals surface area contributed by atoms with Gasteiger partial charge >= 0.3 is 276 Å². The standard InChI is InChI=1S/2C19H19.C6H10.2ClH.Ti/c2*1-3-14-8-10-16(11-9-14)18-7-5-6-17-12-15(4-2)13-19(17)18;1-2-4-6-5-3-1;;;/h2*5-13H,3-4H2,1-2H3;1-2H,3-6H2;2*1H;/q;;;;;+2/p-2. The summed E-state index contributed by atoms with van der Waals surface area (Å²) in [5, 5.41) is 0. The predicted molar refractivity (Wildman–Crippen MR) is 190 cm³/mol. The molecule has 4 atom stereocenters. The fourth-order valence-electron chi connectivity index (χ4n) is 10.3. The fourth-order valence-corrected chi connectivity index (χ4v) is 24.7. The van der Waals surface area contributed by atoms with Gasteiger partial charge in [-0.15, -0.1) is 0 Å². The molecule has 8 rings (SSSR count). The maximum atomic E-state index is 2.68. The van der Waals surface area contributed by atoms with Crippen molar-refractivity contribution in [3.63, 3.8) is 0 Å². The Balaban J connectivity index is 0.00000193. The van der Waals surface area contributed by atoms with Gasteiger partial charge in [-0.3, -0.25) is 0 Å². The zero-order valence-electron chi connectivity index (χ0n) is 28.5. The molecule has 2 fully saturated rings. The summed E-state index contributed by atoms with van der Waals surface area (Å²) in [6.07, 6.45) is 15.7. The minimum absolute atomic E-state index is 0. The summed E-state index contributed by atoms with van der Waals surface area (Å²) in [5.41, 5.74) is 18.5. The van der Waals surface area contributed by atoms with Crippen molar-refractivity contribution in [2.45, 2.75) is 96.0 Å². The van der Waals surface area contributed by atoms with Crippen molar-refractivity contribution < 1.29 is 41.4 Å². The van der Waals surface area contributed by atoms with Crippen LogP contribution in [0.15, 0.2) is 96.1 Å². The normalized spacial score (nSPS) is 23.7. The number of benzene rings is 4. The Hall–Kier alpha value is -2.35. The predicted octanol–water partition coefficient (Wildman–Crippen LogP) is 6.87. The van der Waals surface area contributed by atoms with Crippen LogP contribution in [0, 0.1) is 0 Å². The molecule has 1 saturated heterocycles. The summed E-state index contributed by atoms with van der Waals surface area (Å²) in [5.74, 6) is 0. The van der Waals surface area contributed by atoms with Crippen molar-refractivity contribution in [2.24, 2.45) is 0 Å². The van der Waals surface area contributed by atoms with Gasteiger partial charge < -0.3 is 24.8 Å². The van der Waals surface area contributed by atoms with E-state index in [1.807, 2.05) is 0 Å². The van der Waals surface area contributed by atoms with Gasteiger partial charge in [0.15, 0.2) is 0 Å². The Labute approximate surface area is 299 Å². The third kappa shape index (κ3) is 5.38. The molecule has 0 spiro atoms. The smallest absolute Gasteiger partial charge is 1.00 e. The van der Waals surface area contributed by atoms with Crippen molar-refractivity contribution in [1.82, 2.24) is 0 Å². The first-order valence-corrected chi connectivity index (χ1v) is 21.6. The number of allylic oxidation sites excluding steroid dienone is 2. The topological polar surface area (TPSA) is 0 Å². The van der Waals surface area contributed by atoms with Crippen molar-refractivity contribution >= 4 is 12.2 Å². The number of hydrogen-bond acceptors (Lipinski definition) is 0. The molecule has 3 aliphatic carbocycles. The largest absolute Gasteiger partial charge is 1.00 e. The molecule has 3 heteroatoms. The van der Waals surface area contributed by atoms with E-state index in [0.717, 1.165) is 21.3 Å². The Bertz CT molecular complexity index is 1680. The number of fused-ring (bicyclic) bond motifs is 3. The SMILES string of the molecule is CCC1=Cc2c(-c3ccc(CC)cc3)cccc2[CH]1[Ti+2]1([CH]2C(CC)=Cc3c(-c4ccc(CC)cc4)cccc32)[CH]2CCCC[CH]21.[Cl-].[Cl-]. The van der Waals surface area contributed by atoms with E-state index in [-0.39, 0.29) is 24.8 Å². The summed E-state index contributed by atoms with van der Waals surface area (Å²) in [6.45, 7) is 9.39. The second kappa shape index (κ2) is 13.9. The molecule has 0 nitrogen and oxygen atoms in total. The van der Waals surface area contributed by atoms with Crippen molar-refractivity contribution in [2.75, 3.05) is 0 Å². The second-order valence-corrected chi connectivity index (χ2v) is 21.5. The van der Waals surface area contributed by atoms with Gasteiger partial charge in [-0.2, -0.15) is 0 Å². The van der Waals surface area contributed by atoms with Crippen LogP contribution in [0.5, 0.6) is 0 Å². The fraction of sp³-hybridized carbons (Fsp3) is 0.364. The van der Waals surface area contributed by atoms with Crippen LogP contribution in [0.4, 0.5) is 0 Å². The van der Waals surface area contributed by atoms with E-state index in [0.29, 0.717) is 8.45 Å². The van der Waals surface area contributed by atoms with E-state index in [4.69, 9.17) is 0 Å². The van der Waals surface area contributed by atoms with Crippen LogP contribution in [0.25, 0.3) is 34.4 Å². The Morgan fingerprint density at radius 3 is 1.28 bits per heavy atom. The molecule has 0 amide bonds. The molecular formula is C44H48Cl2Ti. The van der Waals surface area contributed by atoms with Crippen LogP contribution in [0.2, 0.25) is 8.45 Å². The van der Waals surface area contributed by atoms with E-state index in [1.165, 1.54) is 71.9 Å². The molecule has 4 unspecified atom stereocenters. The van der Waals surface area contributed by atoms with Gasteiger partial charge in [0, 0.05) is 0 Å². The quantitative estimate of drug-likeness (QED) is 0.177. The monoisotopic (exact) mass is 694 g/mol. The van der Waals surface area contributed by atoms with Gasteiger partial charge in [0.25, 0.3) is 0 Å². The molecular weight excluding hydrogens is 647 g/mol. The van der Waals surface area contributed by atoms with Crippen molar-refractivity contribution in [1.29, 1.82) is 0 Å². The maximum Gasteiger partial charge on any atom is -1.00 e. The van der Waals surface area contributed by atoms with Crippen molar-refractivity contribution in [3.8, 4) is 22.3 Å². The molecule has 1 saturated carbocycles. The van der Waals surface area contributed by atoms with Crippen LogP contribution in [-0.2, 0) is 29.4 Å². The minimum atomic E-state index is -2.62. The summed E-state index contributed by atoms with van der Waals surface area (Å²) >= 11 is -2.62. The van der Waals surface area contributed by atoms with Crippen molar-refractivity contribution in [3.05, 3.63) is 129 Å². The average Bonchev–Trinajstić information content (AvgIpc) is 3.38. The van der Waals surface area contributed by atoms with Crippen LogP contribution < -0.4 is 24.8 Å². The number of rotatable bonds is 8. The first-order chi connectivity index (χ1) is 22.1. The van der Waals surface area contributed by atoms with Gasteiger partial charge in [0.1, 0.15) is 0 Å². The van der Waals surface area contributed by atoms with Gasteiger partial charge in [0.2, 0.25) is 0 Å². The molecule has 0 bridgehead atoms. The number of aryl methyl sites for hydroxylation is 2. The number of halogens is 2. The molecule has 0 radical (unpaired) electrons. The first-order valence-electron chi connectivity index (χ1n) is 18.0. The molecule has 1 aliphatic heterocycles. The zero-order valence-corrected chi connectivity index (χ0v) is 31.5. The van der Waals surface area contributed by atoms with Crippen LogP contribution in [0.1, 0.15) is 108 Å². The van der Waals surface area contributed by atoms with Crippen LogP contribution in [0.3, 0.4) is 0 Å². The van der Waals surface area contributed by atoms with E-state index in [2.05, 4.69) is 125 Å². The Kier molecular flexibility index (Phi) is 10.2. The molecule has 0 N–H and O–H groups in total. The van der Waals surface area contributed by atoms with Gasteiger partial charge in [-0.1, -0.05) is 0 Å². The molecule has 4 aromatic rings. The van der Waals surface area contributed by atoms with E-state index in [9.17, 15) is 0 Å². The summed E-state index contributed by atoms with van der Waals surface area (Å²) < 4.78 is 3.36. The Morgan fingerprint density at radius 1 is 0.511 bits per heavy atom. The zero-order chi connectivity index (χ0) is 30.7. The third-order valence-corrected chi connectivity index (χ3v) is 23.2. The summed E-state index contributed by atoms with van der Waals surface area (Å²) in [6, 6.07) is 33.5. The van der Waals surface area contributed by atoms with Gasteiger partial charge in [-0.05, 0) is 0 Å². The van der Waals surface area contributed by atoms with Gasteiger partial charge in [0.05, 0.1) is 0 Å². The second-order valence-electron chi connectivity index (χ2n) is 14.2. The minimum Gasteiger partial charge on any atom is -1.00 e. The van der Waals surface area contributed by atoms with E-state index in [1.54, 1.807) is 33.4 Å².